The molecule has 1 heterocycles. The van der Waals surface area contributed by atoms with Gasteiger partial charge in [-0.2, -0.15) is 4.31 Å². The lowest BCUT2D eigenvalue weighted by atomic mass is 10.1. The molecule has 122 valence electrons. The van der Waals surface area contributed by atoms with Gasteiger partial charge in [0.15, 0.2) is 0 Å². The first-order chi connectivity index (χ1) is 10.3. The van der Waals surface area contributed by atoms with Crippen molar-refractivity contribution >= 4 is 15.9 Å². The molecule has 2 atom stereocenters. The Morgan fingerprint density at radius 2 is 2.00 bits per heavy atom. The monoisotopic (exact) mass is 326 g/mol. The molecule has 1 fully saturated rings. The van der Waals surface area contributed by atoms with Gasteiger partial charge in [-0.05, 0) is 5.56 Å². The first kappa shape index (κ1) is 16.9. The zero-order chi connectivity index (χ0) is 16.3. The van der Waals surface area contributed by atoms with Crippen LogP contribution >= 0.6 is 0 Å². The number of methoxy groups -OCH3 is 1. The molecule has 1 amide bonds. The molecule has 0 bridgehead atoms. The molecule has 0 spiro atoms. The van der Waals surface area contributed by atoms with Crippen molar-refractivity contribution < 1.29 is 17.9 Å². The van der Waals surface area contributed by atoms with Crippen LogP contribution in [0.2, 0.25) is 0 Å². The lowest BCUT2D eigenvalue weighted by Crippen LogP contribution is -2.45. The van der Waals surface area contributed by atoms with Gasteiger partial charge in [-0.25, -0.2) is 8.42 Å². The Kier molecular flexibility index (Phi) is 5.20. The summed E-state index contributed by atoms with van der Waals surface area (Å²) in [4.78, 5) is 14.2. The molecule has 0 N–H and O–H groups in total. The van der Waals surface area contributed by atoms with Gasteiger partial charge in [-0.1, -0.05) is 30.3 Å². The average Bonchev–Trinajstić information content (AvgIpc) is 2.92. The summed E-state index contributed by atoms with van der Waals surface area (Å²) in [7, 11) is -0.216. The molecule has 1 saturated heterocycles. The first-order valence-electron chi connectivity index (χ1n) is 7.11. The van der Waals surface area contributed by atoms with Crippen LogP contribution in [0.4, 0.5) is 0 Å². The summed E-state index contributed by atoms with van der Waals surface area (Å²) in [6.45, 7) is 0.677. The lowest BCUT2D eigenvalue weighted by Gasteiger charge is -2.26. The van der Waals surface area contributed by atoms with Gasteiger partial charge >= 0.3 is 0 Å². The van der Waals surface area contributed by atoms with E-state index in [9.17, 15) is 13.2 Å². The highest BCUT2D eigenvalue weighted by atomic mass is 32.2. The fourth-order valence-electron chi connectivity index (χ4n) is 2.72. The quantitative estimate of drug-likeness (QED) is 0.799. The largest absolute Gasteiger partial charge is 0.380 e. The average molecular weight is 326 g/mol. The van der Waals surface area contributed by atoms with Crippen LogP contribution < -0.4 is 0 Å². The minimum Gasteiger partial charge on any atom is -0.380 e. The predicted molar refractivity (Wildman–Crippen MR) is 83.7 cm³/mol. The standard InChI is InChI=1S/C15H22N2O4S/c1-16(10-12-7-5-4-6-8-12)15(18)14-9-13(21-2)11-17(14)22(3,19)20/h4-8,13-14H,9-11H2,1-3H3/t13-,14+/m0/s1. The SMILES string of the molecule is CO[C@H]1C[C@H](C(=O)N(C)Cc2ccccc2)N(S(C)(=O)=O)C1. The van der Waals surface area contributed by atoms with E-state index in [-0.39, 0.29) is 18.6 Å². The van der Waals surface area contributed by atoms with E-state index in [2.05, 4.69) is 0 Å². The van der Waals surface area contributed by atoms with Gasteiger partial charge in [0, 0.05) is 33.7 Å². The molecule has 0 aromatic heterocycles. The third-order valence-electron chi connectivity index (χ3n) is 3.90. The fourth-order valence-corrected chi connectivity index (χ4v) is 3.80. The molecule has 1 aromatic rings. The number of hydrogen-bond acceptors (Lipinski definition) is 4. The summed E-state index contributed by atoms with van der Waals surface area (Å²) in [5.41, 5.74) is 1.01. The second kappa shape index (κ2) is 6.76. The van der Waals surface area contributed by atoms with E-state index in [1.54, 1.807) is 11.9 Å². The minimum atomic E-state index is -3.44. The number of rotatable bonds is 5. The minimum absolute atomic E-state index is 0.200. The highest BCUT2D eigenvalue weighted by molar-refractivity contribution is 7.88. The van der Waals surface area contributed by atoms with E-state index in [0.29, 0.717) is 13.0 Å². The highest BCUT2D eigenvalue weighted by Gasteiger charge is 2.42. The summed E-state index contributed by atoms with van der Waals surface area (Å²) in [6, 6.07) is 8.92. The van der Waals surface area contributed by atoms with E-state index >= 15 is 0 Å². The maximum absolute atomic E-state index is 12.6. The molecule has 1 aliphatic heterocycles. The molecule has 0 radical (unpaired) electrons. The van der Waals surface area contributed by atoms with Gasteiger partial charge < -0.3 is 9.64 Å². The lowest BCUT2D eigenvalue weighted by molar-refractivity contribution is -0.133. The predicted octanol–water partition coefficient (Wildman–Crippen LogP) is 0.694. The highest BCUT2D eigenvalue weighted by Crippen LogP contribution is 2.24. The number of likely N-dealkylation sites (N-methyl/N-ethyl adjacent to an activating group) is 1. The van der Waals surface area contributed by atoms with Crippen LogP contribution in [0.5, 0.6) is 0 Å². The number of carbonyl (C=O) groups is 1. The van der Waals surface area contributed by atoms with Crippen LogP contribution in [0.3, 0.4) is 0 Å². The molecule has 7 heteroatoms. The van der Waals surface area contributed by atoms with Gasteiger partial charge in [0.2, 0.25) is 15.9 Å². The Morgan fingerprint density at radius 3 is 2.55 bits per heavy atom. The second-order valence-corrected chi connectivity index (χ2v) is 7.56. The molecule has 1 aromatic carbocycles. The van der Waals surface area contributed by atoms with Crippen LogP contribution in [0, 0.1) is 0 Å². The number of ether oxygens (including phenoxy) is 1. The Labute approximate surface area is 131 Å². The molecule has 22 heavy (non-hydrogen) atoms. The first-order valence-corrected chi connectivity index (χ1v) is 8.96. The third kappa shape index (κ3) is 3.85. The van der Waals surface area contributed by atoms with Crippen LogP contribution in [-0.4, -0.2) is 62.6 Å². The van der Waals surface area contributed by atoms with E-state index in [1.807, 2.05) is 30.3 Å². The van der Waals surface area contributed by atoms with Gasteiger partial charge in [0.05, 0.1) is 12.4 Å². The van der Waals surface area contributed by atoms with Crippen molar-refractivity contribution in [2.45, 2.75) is 25.1 Å². The molecule has 0 aliphatic carbocycles. The van der Waals surface area contributed by atoms with Crippen LogP contribution in [0.1, 0.15) is 12.0 Å². The maximum Gasteiger partial charge on any atom is 0.241 e. The Balaban J connectivity index is 2.12. The van der Waals surface area contributed by atoms with Crippen molar-refractivity contribution in [1.82, 2.24) is 9.21 Å². The Morgan fingerprint density at radius 1 is 1.36 bits per heavy atom. The van der Waals surface area contributed by atoms with E-state index < -0.39 is 16.1 Å². The van der Waals surface area contributed by atoms with Crippen LogP contribution in [0.25, 0.3) is 0 Å². The summed E-state index contributed by atoms with van der Waals surface area (Å²) in [5.74, 6) is -0.200. The molecule has 0 saturated carbocycles. The van der Waals surface area contributed by atoms with Crippen molar-refractivity contribution in [3.8, 4) is 0 Å². The summed E-state index contributed by atoms with van der Waals surface area (Å²) in [5, 5.41) is 0. The second-order valence-electron chi connectivity index (χ2n) is 5.62. The van der Waals surface area contributed by atoms with E-state index in [1.165, 1.54) is 11.4 Å². The maximum atomic E-state index is 12.6. The number of hydrogen-bond donors (Lipinski definition) is 0. The number of carbonyl (C=O) groups excluding carboxylic acids is 1. The Hall–Kier alpha value is -1.44. The molecule has 0 unspecified atom stereocenters. The van der Waals surface area contributed by atoms with Crippen molar-refractivity contribution in [1.29, 1.82) is 0 Å². The molecular weight excluding hydrogens is 304 g/mol. The number of amides is 1. The van der Waals surface area contributed by atoms with Crippen molar-refractivity contribution in [3.05, 3.63) is 35.9 Å². The number of benzene rings is 1. The zero-order valence-electron chi connectivity index (χ0n) is 13.1. The van der Waals surface area contributed by atoms with Crippen molar-refractivity contribution in [2.75, 3.05) is 27.0 Å². The van der Waals surface area contributed by atoms with Gasteiger partial charge in [0.25, 0.3) is 0 Å². The third-order valence-corrected chi connectivity index (χ3v) is 5.16. The van der Waals surface area contributed by atoms with Gasteiger partial charge in [-0.15, -0.1) is 0 Å². The van der Waals surface area contributed by atoms with E-state index in [0.717, 1.165) is 11.8 Å². The molecule has 2 rings (SSSR count). The molecular formula is C15H22N2O4S. The van der Waals surface area contributed by atoms with Crippen molar-refractivity contribution in [3.63, 3.8) is 0 Å². The number of sulfonamides is 1. The van der Waals surface area contributed by atoms with Crippen molar-refractivity contribution in [2.24, 2.45) is 0 Å². The topological polar surface area (TPSA) is 66.9 Å². The molecule has 6 nitrogen and oxygen atoms in total. The fraction of sp³-hybridized carbons (Fsp3) is 0.533. The zero-order valence-corrected chi connectivity index (χ0v) is 13.9. The number of nitrogens with zero attached hydrogens (tertiary/aromatic N) is 2. The van der Waals surface area contributed by atoms with E-state index in [4.69, 9.17) is 4.74 Å². The van der Waals surface area contributed by atoms with Crippen LogP contribution in [-0.2, 0) is 26.1 Å². The summed E-state index contributed by atoms with van der Waals surface area (Å²) < 4.78 is 30.3. The van der Waals surface area contributed by atoms with Crippen LogP contribution in [0.15, 0.2) is 30.3 Å². The summed E-state index contributed by atoms with van der Waals surface area (Å²) >= 11 is 0. The smallest absolute Gasteiger partial charge is 0.241 e. The normalized spacial score (nSPS) is 22.7. The summed E-state index contributed by atoms with van der Waals surface area (Å²) in [6.07, 6.45) is 1.28. The van der Waals surface area contributed by atoms with Gasteiger partial charge in [0.1, 0.15) is 6.04 Å². The Bertz CT molecular complexity index is 618. The molecule has 1 aliphatic rings. The van der Waals surface area contributed by atoms with Gasteiger partial charge in [-0.3, -0.25) is 4.79 Å².